The van der Waals surface area contributed by atoms with Crippen molar-refractivity contribution in [2.24, 2.45) is 5.92 Å². The Balaban J connectivity index is 2.14. The molecule has 0 bridgehead atoms. The van der Waals surface area contributed by atoms with Gasteiger partial charge in [0.2, 0.25) is 11.8 Å². The number of nitrogens with one attached hydrogen (secondary N) is 1. The predicted molar refractivity (Wildman–Crippen MR) is 138 cm³/mol. The maximum absolute atomic E-state index is 13.3. The maximum atomic E-state index is 13.3. The molecule has 33 heavy (non-hydrogen) atoms. The minimum Gasteiger partial charge on any atom is -0.497 e. The summed E-state index contributed by atoms with van der Waals surface area (Å²) in [5.41, 5.74) is 1.85. The van der Waals surface area contributed by atoms with E-state index in [9.17, 15) is 9.59 Å². The Morgan fingerprint density at radius 2 is 1.82 bits per heavy atom. The van der Waals surface area contributed by atoms with Gasteiger partial charge in [0.25, 0.3) is 0 Å². The van der Waals surface area contributed by atoms with E-state index < -0.39 is 6.04 Å². The van der Waals surface area contributed by atoms with Gasteiger partial charge < -0.3 is 15.0 Å². The number of amides is 2. The van der Waals surface area contributed by atoms with E-state index in [0.717, 1.165) is 16.9 Å². The Labute approximate surface area is 211 Å². The Kier molecular flexibility index (Phi) is 11.4. The van der Waals surface area contributed by atoms with Crippen LogP contribution in [0.25, 0.3) is 0 Å². The van der Waals surface area contributed by atoms with Crippen LogP contribution in [0.15, 0.2) is 42.5 Å². The van der Waals surface area contributed by atoms with E-state index in [-0.39, 0.29) is 24.1 Å². The first-order valence-corrected chi connectivity index (χ1v) is 12.9. The number of benzene rings is 2. The van der Waals surface area contributed by atoms with E-state index >= 15 is 0 Å². The van der Waals surface area contributed by atoms with Crippen molar-refractivity contribution < 1.29 is 14.3 Å². The van der Waals surface area contributed by atoms with Gasteiger partial charge in [-0.25, -0.2) is 0 Å². The highest BCUT2D eigenvalue weighted by molar-refractivity contribution is 7.99. The molecule has 5 nitrogen and oxygen atoms in total. The van der Waals surface area contributed by atoms with Gasteiger partial charge in [-0.1, -0.05) is 62.2 Å². The molecular weight excluding hydrogens is 479 g/mol. The minimum atomic E-state index is -0.579. The van der Waals surface area contributed by atoms with E-state index in [2.05, 4.69) is 5.32 Å². The molecule has 180 valence electrons. The lowest BCUT2D eigenvalue weighted by Gasteiger charge is -2.31. The highest BCUT2D eigenvalue weighted by Crippen LogP contribution is 2.25. The van der Waals surface area contributed by atoms with E-state index in [0.29, 0.717) is 34.7 Å². The highest BCUT2D eigenvalue weighted by Gasteiger charge is 2.29. The molecule has 0 radical (unpaired) electrons. The fourth-order valence-electron chi connectivity index (χ4n) is 3.24. The molecule has 2 aromatic carbocycles. The monoisotopic (exact) mass is 510 g/mol. The molecule has 0 aromatic heterocycles. The van der Waals surface area contributed by atoms with Crippen molar-refractivity contribution in [3.63, 3.8) is 0 Å². The fraction of sp³-hybridized carbons (Fsp3) is 0.440. The van der Waals surface area contributed by atoms with E-state index in [1.165, 1.54) is 11.8 Å². The second kappa shape index (κ2) is 13.7. The zero-order chi connectivity index (χ0) is 24.4. The quantitative estimate of drug-likeness (QED) is 0.391. The molecule has 0 saturated carbocycles. The summed E-state index contributed by atoms with van der Waals surface area (Å²) in [5.74, 6) is 1.80. The lowest BCUT2D eigenvalue weighted by atomic mass is 10.1. The smallest absolute Gasteiger partial charge is 0.242 e. The van der Waals surface area contributed by atoms with Gasteiger partial charge in [0, 0.05) is 28.9 Å². The first-order valence-electron chi connectivity index (χ1n) is 11.0. The molecule has 2 rings (SSSR count). The lowest BCUT2D eigenvalue weighted by Crippen LogP contribution is -2.50. The first-order chi connectivity index (χ1) is 15.7. The van der Waals surface area contributed by atoms with Gasteiger partial charge in [0.1, 0.15) is 11.8 Å². The van der Waals surface area contributed by atoms with Crippen LogP contribution < -0.4 is 10.1 Å². The van der Waals surface area contributed by atoms with Crippen molar-refractivity contribution in [3.8, 4) is 5.75 Å². The summed E-state index contributed by atoms with van der Waals surface area (Å²) >= 11 is 13.9. The van der Waals surface area contributed by atoms with Crippen molar-refractivity contribution >= 4 is 46.8 Å². The van der Waals surface area contributed by atoms with Gasteiger partial charge in [-0.3, -0.25) is 9.59 Å². The summed E-state index contributed by atoms with van der Waals surface area (Å²) in [6.07, 6.45) is 0.504. The number of carbonyl (C=O) groups excluding carboxylic acids is 2. The zero-order valence-corrected chi connectivity index (χ0v) is 21.9. The summed E-state index contributed by atoms with van der Waals surface area (Å²) in [7, 11) is 1.63. The summed E-state index contributed by atoms with van der Waals surface area (Å²) in [4.78, 5) is 27.9. The molecule has 2 aromatic rings. The Morgan fingerprint density at radius 1 is 1.12 bits per heavy atom. The SMILES string of the molecule is CCC(C(=O)NCC(C)C)N(Cc1ccc(Cl)cc1Cl)C(=O)CSCc1ccc(OC)cc1. The van der Waals surface area contributed by atoms with Crippen molar-refractivity contribution in [1.29, 1.82) is 0 Å². The van der Waals surface area contributed by atoms with Crippen LogP contribution in [0.1, 0.15) is 38.3 Å². The average Bonchev–Trinajstić information content (AvgIpc) is 2.79. The van der Waals surface area contributed by atoms with Crippen molar-refractivity contribution in [2.45, 2.75) is 45.5 Å². The minimum absolute atomic E-state index is 0.105. The number of nitrogens with zero attached hydrogens (tertiary/aromatic N) is 1. The zero-order valence-electron chi connectivity index (χ0n) is 19.6. The molecule has 2 amide bonds. The number of halogens is 2. The Morgan fingerprint density at radius 3 is 2.39 bits per heavy atom. The molecule has 8 heteroatoms. The van der Waals surface area contributed by atoms with E-state index in [1.54, 1.807) is 30.2 Å². The van der Waals surface area contributed by atoms with Gasteiger partial charge in [-0.05, 0) is 47.7 Å². The van der Waals surface area contributed by atoms with Gasteiger partial charge in [0.15, 0.2) is 0 Å². The van der Waals surface area contributed by atoms with Crippen LogP contribution in [-0.4, -0.2) is 42.2 Å². The second-order valence-corrected chi connectivity index (χ2v) is 9.99. The van der Waals surface area contributed by atoms with Gasteiger partial charge in [0.05, 0.1) is 12.9 Å². The lowest BCUT2D eigenvalue weighted by molar-refractivity contribution is -0.139. The molecule has 0 aliphatic rings. The van der Waals surface area contributed by atoms with Gasteiger partial charge >= 0.3 is 0 Å². The molecule has 1 atom stereocenters. The third-order valence-electron chi connectivity index (χ3n) is 5.08. The molecule has 1 unspecified atom stereocenters. The number of carbonyl (C=O) groups is 2. The van der Waals surface area contributed by atoms with Crippen LogP contribution in [0, 0.1) is 5.92 Å². The summed E-state index contributed by atoms with van der Waals surface area (Å²) in [6, 6.07) is 12.4. The molecule has 0 heterocycles. The first kappa shape index (κ1) is 27.4. The summed E-state index contributed by atoms with van der Waals surface area (Å²) in [6.45, 7) is 6.78. The Hall–Kier alpha value is -1.89. The number of ether oxygens (including phenoxy) is 1. The third-order valence-corrected chi connectivity index (χ3v) is 6.66. The van der Waals surface area contributed by atoms with Crippen molar-refractivity contribution in [3.05, 3.63) is 63.6 Å². The summed E-state index contributed by atoms with van der Waals surface area (Å²) < 4.78 is 5.19. The van der Waals surface area contributed by atoms with Crippen LogP contribution in [0.3, 0.4) is 0 Å². The number of hydrogen-bond acceptors (Lipinski definition) is 4. The van der Waals surface area contributed by atoms with E-state index in [1.807, 2.05) is 45.0 Å². The molecule has 0 aliphatic carbocycles. The summed E-state index contributed by atoms with van der Waals surface area (Å²) in [5, 5.41) is 3.97. The standard InChI is InChI=1S/C25H32Cl2N2O3S/c1-5-23(25(31)28-13-17(2)3)29(14-19-8-9-20(26)12-22(19)27)24(30)16-33-15-18-6-10-21(32-4)11-7-18/h6-12,17,23H,5,13-16H2,1-4H3,(H,28,31). The molecule has 0 spiro atoms. The predicted octanol–water partition coefficient (Wildman–Crippen LogP) is 5.81. The molecule has 0 saturated heterocycles. The number of hydrogen-bond donors (Lipinski definition) is 1. The van der Waals surface area contributed by atoms with Gasteiger partial charge in [-0.15, -0.1) is 11.8 Å². The molecular formula is C25H32Cl2N2O3S. The number of rotatable bonds is 12. The second-order valence-electron chi connectivity index (χ2n) is 8.16. The van der Waals surface area contributed by atoms with Crippen molar-refractivity contribution in [2.75, 3.05) is 19.4 Å². The average molecular weight is 512 g/mol. The van der Waals surface area contributed by atoms with Gasteiger partial charge in [-0.2, -0.15) is 0 Å². The normalized spacial score (nSPS) is 11.8. The van der Waals surface area contributed by atoms with Crippen LogP contribution in [0.4, 0.5) is 0 Å². The third kappa shape index (κ3) is 8.76. The Bertz CT molecular complexity index is 922. The number of methoxy groups -OCH3 is 1. The van der Waals surface area contributed by atoms with Crippen LogP contribution in [-0.2, 0) is 21.9 Å². The van der Waals surface area contributed by atoms with Crippen molar-refractivity contribution in [1.82, 2.24) is 10.2 Å². The highest BCUT2D eigenvalue weighted by atomic mass is 35.5. The topological polar surface area (TPSA) is 58.6 Å². The fourth-order valence-corrected chi connectivity index (χ4v) is 4.58. The van der Waals surface area contributed by atoms with Crippen LogP contribution >= 0.6 is 35.0 Å². The number of thioether (sulfide) groups is 1. The molecule has 0 aliphatic heterocycles. The molecule has 1 N–H and O–H groups in total. The van der Waals surface area contributed by atoms with Crippen LogP contribution in [0.5, 0.6) is 5.75 Å². The molecule has 0 fully saturated rings. The largest absolute Gasteiger partial charge is 0.497 e. The van der Waals surface area contributed by atoms with E-state index in [4.69, 9.17) is 27.9 Å². The maximum Gasteiger partial charge on any atom is 0.242 e. The van der Waals surface area contributed by atoms with Crippen LogP contribution in [0.2, 0.25) is 10.0 Å².